The second-order valence-corrected chi connectivity index (χ2v) is 4.67. The number of halogens is 1. The van der Waals surface area contributed by atoms with Gasteiger partial charge >= 0.3 is 5.97 Å². The molecule has 0 spiro atoms. The second-order valence-electron chi connectivity index (χ2n) is 4.27. The molecule has 2 rings (SSSR count). The highest BCUT2D eigenvalue weighted by Crippen LogP contribution is 2.19. The van der Waals surface area contributed by atoms with Crippen molar-refractivity contribution in [2.75, 3.05) is 0 Å². The van der Waals surface area contributed by atoms with Gasteiger partial charge in [0.1, 0.15) is 5.56 Å². The van der Waals surface area contributed by atoms with Crippen LogP contribution in [0.4, 0.5) is 0 Å². The lowest BCUT2D eigenvalue weighted by atomic mass is 10.2. The summed E-state index contributed by atoms with van der Waals surface area (Å²) in [6, 6.07) is 8.08. The van der Waals surface area contributed by atoms with Crippen LogP contribution in [0.15, 0.2) is 35.1 Å². The Morgan fingerprint density at radius 3 is 2.47 bits per heavy atom. The predicted octanol–water partition coefficient (Wildman–Crippen LogP) is 2.81. The standard InChI is InChI=1S/C14H12ClNO3/c1-8-3-5-10(7-12(8)15)16-9(2)4-6-11(13(16)17)14(18)19/h3-7H,1-2H3,(H,18,19). The number of pyridine rings is 1. The molecule has 19 heavy (non-hydrogen) atoms. The Morgan fingerprint density at radius 2 is 1.89 bits per heavy atom. The smallest absolute Gasteiger partial charge is 0.341 e. The Kier molecular flexibility index (Phi) is 3.44. The molecular formula is C14H12ClNO3. The first-order chi connectivity index (χ1) is 8.91. The first-order valence-corrected chi connectivity index (χ1v) is 6.02. The first-order valence-electron chi connectivity index (χ1n) is 5.64. The lowest BCUT2D eigenvalue weighted by Gasteiger charge is -2.11. The van der Waals surface area contributed by atoms with Gasteiger partial charge in [-0.25, -0.2) is 4.79 Å². The van der Waals surface area contributed by atoms with Crippen LogP contribution in [0.2, 0.25) is 5.02 Å². The second kappa shape index (κ2) is 4.90. The highest BCUT2D eigenvalue weighted by molar-refractivity contribution is 6.31. The van der Waals surface area contributed by atoms with E-state index < -0.39 is 11.5 Å². The van der Waals surface area contributed by atoms with Crippen LogP contribution in [0.1, 0.15) is 21.6 Å². The maximum atomic E-state index is 12.2. The van der Waals surface area contributed by atoms with Gasteiger partial charge in [-0.2, -0.15) is 0 Å². The van der Waals surface area contributed by atoms with Gasteiger partial charge in [0.15, 0.2) is 0 Å². The highest BCUT2D eigenvalue weighted by Gasteiger charge is 2.13. The van der Waals surface area contributed by atoms with E-state index >= 15 is 0 Å². The third-order valence-electron chi connectivity index (χ3n) is 2.92. The number of aryl methyl sites for hydroxylation is 2. The Hall–Kier alpha value is -2.07. The Balaban J connectivity index is 2.74. The zero-order valence-corrected chi connectivity index (χ0v) is 11.2. The zero-order valence-electron chi connectivity index (χ0n) is 10.5. The minimum absolute atomic E-state index is 0.262. The summed E-state index contributed by atoms with van der Waals surface area (Å²) < 4.78 is 1.34. The van der Waals surface area contributed by atoms with Crippen molar-refractivity contribution in [2.45, 2.75) is 13.8 Å². The average molecular weight is 278 g/mol. The van der Waals surface area contributed by atoms with Gasteiger partial charge in [0.25, 0.3) is 5.56 Å². The summed E-state index contributed by atoms with van der Waals surface area (Å²) in [6.45, 7) is 3.59. The van der Waals surface area contributed by atoms with Gasteiger partial charge in [-0.15, -0.1) is 0 Å². The summed E-state index contributed by atoms with van der Waals surface area (Å²) in [5.74, 6) is -1.24. The molecule has 4 nitrogen and oxygen atoms in total. The maximum absolute atomic E-state index is 12.2. The van der Waals surface area contributed by atoms with Crippen LogP contribution in [0.3, 0.4) is 0 Å². The molecule has 0 aliphatic rings. The summed E-state index contributed by atoms with van der Waals surface area (Å²) in [5, 5.41) is 9.52. The van der Waals surface area contributed by atoms with Crippen molar-refractivity contribution in [1.82, 2.24) is 4.57 Å². The largest absolute Gasteiger partial charge is 0.477 e. The lowest BCUT2D eigenvalue weighted by Crippen LogP contribution is -2.26. The van der Waals surface area contributed by atoms with Crippen LogP contribution in [0.25, 0.3) is 5.69 Å². The third kappa shape index (κ3) is 2.39. The molecule has 0 bridgehead atoms. The molecule has 0 amide bonds. The molecule has 1 N–H and O–H groups in total. The number of nitrogens with zero attached hydrogens (tertiary/aromatic N) is 1. The molecule has 1 aromatic carbocycles. The van der Waals surface area contributed by atoms with E-state index in [-0.39, 0.29) is 5.56 Å². The van der Waals surface area contributed by atoms with E-state index in [1.807, 2.05) is 6.92 Å². The number of carbonyl (C=O) groups is 1. The van der Waals surface area contributed by atoms with E-state index in [9.17, 15) is 9.59 Å². The first kappa shape index (κ1) is 13.4. The van der Waals surface area contributed by atoms with E-state index in [1.54, 1.807) is 31.2 Å². The van der Waals surface area contributed by atoms with Gasteiger partial charge in [0.2, 0.25) is 0 Å². The van der Waals surface area contributed by atoms with Gasteiger partial charge in [-0.3, -0.25) is 9.36 Å². The zero-order chi connectivity index (χ0) is 14.2. The Bertz CT molecular complexity index is 719. The monoisotopic (exact) mass is 277 g/mol. The molecule has 2 aromatic rings. The van der Waals surface area contributed by atoms with E-state index in [4.69, 9.17) is 16.7 Å². The molecule has 98 valence electrons. The Morgan fingerprint density at radius 1 is 1.21 bits per heavy atom. The van der Waals surface area contributed by atoms with Gasteiger partial charge < -0.3 is 5.11 Å². The SMILES string of the molecule is Cc1ccc(-n2c(C)ccc(C(=O)O)c2=O)cc1Cl. The number of aromatic carboxylic acids is 1. The summed E-state index contributed by atoms with van der Waals surface area (Å²) in [7, 11) is 0. The fourth-order valence-corrected chi connectivity index (χ4v) is 2.01. The minimum Gasteiger partial charge on any atom is -0.477 e. The molecule has 0 saturated carbocycles. The van der Waals surface area contributed by atoms with E-state index in [0.717, 1.165) is 5.56 Å². The molecule has 5 heteroatoms. The molecule has 0 saturated heterocycles. The van der Waals surface area contributed by atoms with Gasteiger partial charge in [-0.05, 0) is 43.7 Å². The average Bonchev–Trinajstić information content (AvgIpc) is 2.33. The van der Waals surface area contributed by atoms with Crippen molar-refractivity contribution in [3.8, 4) is 5.69 Å². The van der Waals surface area contributed by atoms with E-state index in [0.29, 0.717) is 16.4 Å². The molecular weight excluding hydrogens is 266 g/mol. The van der Waals surface area contributed by atoms with Crippen molar-refractivity contribution in [3.63, 3.8) is 0 Å². The number of aromatic nitrogens is 1. The van der Waals surface area contributed by atoms with Crippen LogP contribution in [0.5, 0.6) is 0 Å². The number of carboxylic acids is 1. The number of carboxylic acid groups (broad SMARTS) is 1. The number of hydrogen-bond acceptors (Lipinski definition) is 2. The topological polar surface area (TPSA) is 59.3 Å². The van der Waals surface area contributed by atoms with Crippen molar-refractivity contribution >= 4 is 17.6 Å². The van der Waals surface area contributed by atoms with Crippen molar-refractivity contribution in [1.29, 1.82) is 0 Å². The molecule has 0 atom stereocenters. The van der Waals surface area contributed by atoms with E-state index in [2.05, 4.69) is 0 Å². The normalized spacial score (nSPS) is 10.5. The van der Waals surface area contributed by atoms with E-state index in [1.165, 1.54) is 10.6 Å². The van der Waals surface area contributed by atoms with Crippen molar-refractivity contribution < 1.29 is 9.90 Å². The minimum atomic E-state index is -1.24. The number of rotatable bonds is 2. The van der Waals surface area contributed by atoms with Gasteiger partial charge in [0.05, 0.1) is 5.69 Å². The summed E-state index contributed by atoms with van der Waals surface area (Å²) in [5.41, 5.74) is 1.27. The molecule has 0 unspecified atom stereocenters. The fourth-order valence-electron chi connectivity index (χ4n) is 1.83. The summed E-state index contributed by atoms with van der Waals surface area (Å²) >= 11 is 6.04. The molecule has 1 heterocycles. The highest BCUT2D eigenvalue weighted by atomic mass is 35.5. The van der Waals surface area contributed by atoms with Gasteiger partial charge in [0, 0.05) is 10.7 Å². The van der Waals surface area contributed by atoms with Crippen LogP contribution in [-0.2, 0) is 0 Å². The van der Waals surface area contributed by atoms with Crippen molar-refractivity contribution in [3.05, 3.63) is 62.5 Å². The molecule has 0 aliphatic heterocycles. The lowest BCUT2D eigenvalue weighted by molar-refractivity contribution is 0.0694. The maximum Gasteiger partial charge on any atom is 0.341 e. The summed E-state index contributed by atoms with van der Waals surface area (Å²) in [6.07, 6.45) is 0. The quantitative estimate of drug-likeness (QED) is 0.918. The van der Waals surface area contributed by atoms with Gasteiger partial charge in [-0.1, -0.05) is 17.7 Å². The fraction of sp³-hybridized carbons (Fsp3) is 0.143. The molecule has 1 aromatic heterocycles. The molecule has 0 aliphatic carbocycles. The van der Waals surface area contributed by atoms with Crippen LogP contribution >= 0.6 is 11.6 Å². The summed E-state index contributed by atoms with van der Waals surface area (Å²) in [4.78, 5) is 23.2. The number of benzene rings is 1. The predicted molar refractivity (Wildman–Crippen MR) is 73.5 cm³/mol. The van der Waals surface area contributed by atoms with Crippen LogP contribution < -0.4 is 5.56 Å². The van der Waals surface area contributed by atoms with Crippen LogP contribution in [-0.4, -0.2) is 15.6 Å². The van der Waals surface area contributed by atoms with Crippen molar-refractivity contribution in [2.24, 2.45) is 0 Å². The number of hydrogen-bond donors (Lipinski definition) is 1. The molecule has 0 fully saturated rings. The third-order valence-corrected chi connectivity index (χ3v) is 3.33. The van der Waals surface area contributed by atoms with Crippen LogP contribution in [0, 0.1) is 13.8 Å². The molecule has 0 radical (unpaired) electrons. The Labute approximate surface area is 114 Å².